The molecule has 0 saturated heterocycles. The summed E-state index contributed by atoms with van der Waals surface area (Å²) in [5.41, 5.74) is 5.17. The van der Waals surface area contributed by atoms with E-state index in [2.05, 4.69) is 17.2 Å². The number of nitrogens with zero attached hydrogens (tertiary/aromatic N) is 1. The van der Waals surface area contributed by atoms with E-state index in [4.69, 9.17) is 5.73 Å². The van der Waals surface area contributed by atoms with Gasteiger partial charge in [0, 0.05) is 6.20 Å². The van der Waals surface area contributed by atoms with E-state index in [-0.39, 0.29) is 15.6 Å². The lowest BCUT2D eigenvalue weighted by Gasteiger charge is -2.09. The summed E-state index contributed by atoms with van der Waals surface area (Å²) in [5.74, 6) is 0. The number of hydrogen-bond donors (Lipinski definition) is 2. The number of halogens is 2. The molecule has 1 aromatic rings. The second-order valence-corrected chi connectivity index (χ2v) is 5.13. The molecule has 5 nitrogen and oxygen atoms in total. The predicted octanol–water partition coefficient (Wildman–Crippen LogP) is 0.259. The van der Waals surface area contributed by atoms with Crippen LogP contribution in [0.2, 0.25) is 0 Å². The molecule has 0 unspecified atom stereocenters. The summed E-state index contributed by atoms with van der Waals surface area (Å²) in [7, 11) is -4.09. The van der Waals surface area contributed by atoms with E-state index in [1.165, 1.54) is 18.3 Å². The number of pyridine rings is 1. The highest BCUT2D eigenvalue weighted by atomic mass is 32.2. The monoisotopic (exact) mass is 281 g/mol. The van der Waals surface area contributed by atoms with Crippen molar-refractivity contribution in [2.45, 2.75) is 11.3 Å². The van der Waals surface area contributed by atoms with E-state index < -0.39 is 23.0 Å². The largest absolute Gasteiger partial charge is 0.388 e. The van der Waals surface area contributed by atoms with Gasteiger partial charge in [-0.3, -0.25) is 4.98 Å². The minimum Gasteiger partial charge on any atom is -0.388 e. The quantitative estimate of drug-likeness (QED) is 0.756. The van der Waals surface area contributed by atoms with E-state index in [0.29, 0.717) is 0 Å². The fourth-order valence-corrected chi connectivity index (χ4v) is 2.45. The Morgan fingerprint density at radius 3 is 2.76 bits per heavy atom. The minimum atomic E-state index is -4.09. The van der Waals surface area contributed by atoms with Crippen molar-refractivity contribution >= 4 is 27.2 Å². The summed E-state index contributed by atoms with van der Waals surface area (Å²) in [4.78, 5) is 3.17. The van der Waals surface area contributed by atoms with Crippen LogP contribution in [-0.4, -0.2) is 31.4 Å². The van der Waals surface area contributed by atoms with E-state index in [1.54, 1.807) is 4.72 Å². The molecular weight excluding hydrogens is 272 g/mol. The first-order chi connectivity index (χ1) is 7.84. The fourth-order valence-electron chi connectivity index (χ4n) is 1.04. The van der Waals surface area contributed by atoms with Crippen LogP contribution in [0, 0.1) is 0 Å². The van der Waals surface area contributed by atoms with Crippen LogP contribution in [-0.2, 0) is 10.0 Å². The van der Waals surface area contributed by atoms with Crippen LogP contribution in [0.15, 0.2) is 23.2 Å². The van der Waals surface area contributed by atoms with Crippen molar-refractivity contribution in [3.8, 4) is 0 Å². The van der Waals surface area contributed by atoms with E-state index in [0.717, 1.165) is 0 Å². The molecule has 0 fully saturated rings. The molecule has 1 aromatic heterocycles. The lowest BCUT2D eigenvalue weighted by molar-refractivity contribution is 0.153. The van der Waals surface area contributed by atoms with E-state index >= 15 is 0 Å². The van der Waals surface area contributed by atoms with Crippen LogP contribution in [0.25, 0.3) is 0 Å². The van der Waals surface area contributed by atoms with Crippen LogP contribution in [0.5, 0.6) is 0 Å². The number of nitrogens with two attached hydrogens (primary N) is 1. The second kappa shape index (κ2) is 5.43. The number of thiocarbonyl (C=S) groups is 1. The first-order valence-electron chi connectivity index (χ1n) is 4.37. The van der Waals surface area contributed by atoms with E-state index in [1.807, 2.05) is 0 Å². The maximum atomic E-state index is 11.9. The second-order valence-electron chi connectivity index (χ2n) is 2.96. The third-order valence-corrected chi connectivity index (χ3v) is 3.37. The Balaban J connectivity index is 3.11. The lowest BCUT2D eigenvalue weighted by Crippen LogP contribution is -2.30. The number of aromatic nitrogens is 1. The van der Waals surface area contributed by atoms with Crippen LogP contribution >= 0.6 is 12.2 Å². The molecule has 94 valence electrons. The summed E-state index contributed by atoms with van der Waals surface area (Å²) in [5, 5.41) is 0. The van der Waals surface area contributed by atoms with Gasteiger partial charge in [-0.05, 0) is 12.1 Å². The van der Waals surface area contributed by atoms with Gasteiger partial charge in [0.2, 0.25) is 10.0 Å². The number of nitrogens with one attached hydrogen (secondary N) is 1. The maximum absolute atomic E-state index is 11.9. The van der Waals surface area contributed by atoms with Crippen molar-refractivity contribution in [2.75, 3.05) is 6.54 Å². The Kier molecular flexibility index (Phi) is 4.43. The Hall–Kier alpha value is -1.19. The number of sulfonamides is 1. The number of hydrogen-bond acceptors (Lipinski definition) is 4. The first-order valence-corrected chi connectivity index (χ1v) is 6.26. The molecule has 0 aromatic carbocycles. The number of rotatable bonds is 5. The molecule has 9 heteroatoms. The van der Waals surface area contributed by atoms with Crippen molar-refractivity contribution in [1.29, 1.82) is 0 Å². The van der Waals surface area contributed by atoms with Gasteiger partial charge >= 0.3 is 0 Å². The van der Waals surface area contributed by atoms with Crippen molar-refractivity contribution in [3.63, 3.8) is 0 Å². The standard InChI is InChI=1S/C8H9F2N3O2S2/c9-6(10)4-13-17(14,15)5-2-1-3-12-7(5)8(11)16/h1-3,6,13H,4H2,(H2,11,16). The van der Waals surface area contributed by atoms with Gasteiger partial charge in [-0.1, -0.05) is 12.2 Å². The summed E-state index contributed by atoms with van der Waals surface area (Å²) >= 11 is 4.63. The highest BCUT2D eigenvalue weighted by Gasteiger charge is 2.21. The summed E-state index contributed by atoms with van der Waals surface area (Å²) in [6.45, 7) is -0.978. The van der Waals surface area contributed by atoms with Gasteiger partial charge in [-0.15, -0.1) is 0 Å². The molecule has 1 rings (SSSR count). The Bertz CT molecular complexity index is 519. The lowest BCUT2D eigenvalue weighted by atomic mass is 10.3. The smallest absolute Gasteiger partial charge is 0.251 e. The van der Waals surface area contributed by atoms with Crippen LogP contribution in [0.4, 0.5) is 8.78 Å². The highest BCUT2D eigenvalue weighted by Crippen LogP contribution is 2.12. The zero-order valence-corrected chi connectivity index (χ0v) is 10.1. The van der Waals surface area contributed by atoms with Crippen molar-refractivity contribution < 1.29 is 17.2 Å². The molecule has 0 aliphatic heterocycles. The zero-order valence-electron chi connectivity index (χ0n) is 8.43. The maximum Gasteiger partial charge on any atom is 0.251 e. The first kappa shape index (κ1) is 13.9. The molecule has 0 amide bonds. The van der Waals surface area contributed by atoms with Crippen LogP contribution in [0.1, 0.15) is 5.69 Å². The Morgan fingerprint density at radius 2 is 2.24 bits per heavy atom. The van der Waals surface area contributed by atoms with Gasteiger partial charge < -0.3 is 5.73 Å². The van der Waals surface area contributed by atoms with Gasteiger partial charge in [0.1, 0.15) is 15.6 Å². The molecule has 0 aliphatic carbocycles. The third-order valence-electron chi connectivity index (χ3n) is 1.72. The molecule has 1 heterocycles. The summed E-state index contributed by atoms with van der Waals surface area (Å²) < 4.78 is 49.0. The van der Waals surface area contributed by atoms with Gasteiger partial charge in [0.25, 0.3) is 6.43 Å². The van der Waals surface area contributed by atoms with Crippen molar-refractivity contribution in [3.05, 3.63) is 24.0 Å². The van der Waals surface area contributed by atoms with Gasteiger partial charge in [0.05, 0.1) is 6.54 Å². The summed E-state index contributed by atoms with van der Waals surface area (Å²) in [6, 6.07) is 2.54. The summed E-state index contributed by atoms with van der Waals surface area (Å²) in [6.07, 6.45) is -1.48. The Morgan fingerprint density at radius 1 is 1.59 bits per heavy atom. The van der Waals surface area contributed by atoms with Crippen molar-refractivity contribution in [1.82, 2.24) is 9.71 Å². The van der Waals surface area contributed by atoms with Gasteiger partial charge in [-0.2, -0.15) is 0 Å². The number of alkyl halides is 2. The van der Waals surface area contributed by atoms with Gasteiger partial charge in [-0.25, -0.2) is 21.9 Å². The predicted molar refractivity (Wildman–Crippen MR) is 61.3 cm³/mol. The zero-order chi connectivity index (χ0) is 13.1. The normalized spacial score (nSPS) is 11.7. The SMILES string of the molecule is NC(=S)c1ncccc1S(=O)(=O)NCC(F)F. The molecule has 0 saturated carbocycles. The Labute approximate surface area is 102 Å². The van der Waals surface area contributed by atoms with E-state index in [9.17, 15) is 17.2 Å². The molecule has 17 heavy (non-hydrogen) atoms. The molecule has 0 radical (unpaired) electrons. The molecule has 0 atom stereocenters. The molecule has 0 bridgehead atoms. The average Bonchev–Trinajstić information content (AvgIpc) is 2.26. The van der Waals surface area contributed by atoms with Crippen LogP contribution < -0.4 is 10.5 Å². The van der Waals surface area contributed by atoms with Crippen molar-refractivity contribution in [2.24, 2.45) is 5.73 Å². The van der Waals surface area contributed by atoms with Crippen LogP contribution in [0.3, 0.4) is 0 Å². The molecule has 3 N–H and O–H groups in total. The van der Waals surface area contributed by atoms with Gasteiger partial charge in [0.15, 0.2) is 0 Å². The average molecular weight is 281 g/mol. The third kappa shape index (κ3) is 3.65. The molecule has 0 aliphatic rings. The minimum absolute atomic E-state index is 0.121. The fraction of sp³-hybridized carbons (Fsp3) is 0.250. The molecule has 0 spiro atoms. The highest BCUT2D eigenvalue weighted by molar-refractivity contribution is 7.89. The topological polar surface area (TPSA) is 85.1 Å². The molecular formula is C8H9F2N3O2S2.